The summed E-state index contributed by atoms with van der Waals surface area (Å²) in [7, 11) is 0. The summed E-state index contributed by atoms with van der Waals surface area (Å²) in [6, 6.07) is 15.9. The van der Waals surface area contributed by atoms with E-state index in [2.05, 4.69) is 6.07 Å². The van der Waals surface area contributed by atoms with Gasteiger partial charge in [0.15, 0.2) is 0 Å². The van der Waals surface area contributed by atoms with E-state index in [0.717, 1.165) is 11.1 Å². The number of hydrogen-bond donors (Lipinski definition) is 0. The van der Waals surface area contributed by atoms with E-state index >= 15 is 0 Å². The molecular formula is C16H12N2O2. The molecule has 2 rings (SSSR count). The first-order valence-corrected chi connectivity index (χ1v) is 6.03. The molecule has 0 N–H and O–H groups in total. The van der Waals surface area contributed by atoms with Crippen LogP contribution >= 0.6 is 0 Å². The number of nitriles is 1. The maximum absolute atomic E-state index is 10.7. The van der Waals surface area contributed by atoms with Crippen molar-refractivity contribution in [2.45, 2.75) is 6.92 Å². The van der Waals surface area contributed by atoms with E-state index in [1.165, 1.54) is 12.1 Å². The van der Waals surface area contributed by atoms with Crippen LogP contribution in [0.25, 0.3) is 11.6 Å². The zero-order valence-electron chi connectivity index (χ0n) is 10.9. The second-order valence-corrected chi connectivity index (χ2v) is 4.39. The SMILES string of the molecule is Cc1cccc(/C(C#N)=C\c2cccc([N+](=O)[O-])c2)c1. The van der Waals surface area contributed by atoms with Crippen molar-refractivity contribution >= 4 is 17.3 Å². The van der Waals surface area contributed by atoms with Crippen LogP contribution in [0.1, 0.15) is 16.7 Å². The quantitative estimate of drug-likeness (QED) is 0.364. The number of allylic oxidation sites excluding steroid dienone is 1. The van der Waals surface area contributed by atoms with Crippen molar-refractivity contribution < 1.29 is 4.92 Å². The van der Waals surface area contributed by atoms with Gasteiger partial charge in [0, 0.05) is 12.1 Å². The topological polar surface area (TPSA) is 66.9 Å². The largest absolute Gasteiger partial charge is 0.270 e. The molecular weight excluding hydrogens is 252 g/mol. The number of aryl methyl sites for hydroxylation is 1. The van der Waals surface area contributed by atoms with Gasteiger partial charge in [-0.15, -0.1) is 0 Å². The molecule has 98 valence electrons. The van der Waals surface area contributed by atoms with Gasteiger partial charge >= 0.3 is 0 Å². The van der Waals surface area contributed by atoms with Crippen molar-refractivity contribution in [1.82, 2.24) is 0 Å². The molecule has 0 aliphatic rings. The van der Waals surface area contributed by atoms with Crippen LogP contribution in [0, 0.1) is 28.4 Å². The highest BCUT2D eigenvalue weighted by atomic mass is 16.6. The lowest BCUT2D eigenvalue weighted by Gasteiger charge is -2.01. The Labute approximate surface area is 116 Å². The average Bonchev–Trinajstić information content (AvgIpc) is 2.45. The first-order valence-electron chi connectivity index (χ1n) is 6.03. The minimum absolute atomic E-state index is 0.0142. The Morgan fingerprint density at radius 2 is 2.00 bits per heavy atom. The van der Waals surface area contributed by atoms with E-state index in [-0.39, 0.29) is 5.69 Å². The van der Waals surface area contributed by atoms with Gasteiger partial charge in [-0.25, -0.2) is 0 Å². The van der Waals surface area contributed by atoms with Crippen LogP contribution in [0.2, 0.25) is 0 Å². The normalized spacial score (nSPS) is 10.9. The number of nitrogens with zero attached hydrogens (tertiary/aromatic N) is 2. The molecule has 0 unspecified atom stereocenters. The molecule has 0 amide bonds. The van der Waals surface area contributed by atoms with Crippen LogP contribution in [-0.2, 0) is 0 Å². The summed E-state index contributed by atoms with van der Waals surface area (Å²) in [5.74, 6) is 0. The molecule has 0 radical (unpaired) electrons. The van der Waals surface area contributed by atoms with Crippen LogP contribution in [0.15, 0.2) is 48.5 Å². The fraction of sp³-hybridized carbons (Fsp3) is 0.0625. The van der Waals surface area contributed by atoms with Gasteiger partial charge in [0.1, 0.15) is 0 Å². The second kappa shape index (κ2) is 5.81. The molecule has 0 fully saturated rings. The zero-order chi connectivity index (χ0) is 14.5. The molecule has 2 aromatic rings. The van der Waals surface area contributed by atoms with Gasteiger partial charge in [-0.05, 0) is 24.1 Å². The Morgan fingerprint density at radius 1 is 1.25 bits per heavy atom. The van der Waals surface area contributed by atoms with Crippen molar-refractivity contribution in [1.29, 1.82) is 5.26 Å². The van der Waals surface area contributed by atoms with Crippen LogP contribution in [0.5, 0.6) is 0 Å². The number of nitro benzene ring substituents is 1. The Morgan fingerprint density at radius 3 is 2.65 bits per heavy atom. The maximum atomic E-state index is 10.7. The number of non-ortho nitro benzene ring substituents is 1. The smallest absolute Gasteiger partial charge is 0.258 e. The number of benzene rings is 2. The van der Waals surface area contributed by atoms with Gasteiger partial charge in [-0.3, -0.25) is 10.1 Å². The maximum Gasteiger partial charge on any atom is 0.270 e. The molecule has 0 spiro atoms. The van der Waals surface area contributed by atoms with Crippen molar-refractivity contribution in [3.8, 4) is 6.07 Å². The van der Waals surface area contributed by atoms with Crippen molar-refractivity contribution in [2.24, 2.45) is 0 Å². The van der Waals surface area contributed by atoms with Gasteiger partial charge in [0.2, 0.25) is 0 Å². The van der Waals surface area contributed by atoms with E-state index < -0.39 is 4.92 Å². The Bertz CT molecular complexity index is 727. The van der Waals surface area contributed by atoms with Crippen molar-refractivity contribution in [2.75, 3.05) is 0 Å². The van der Waals surface area contributed by atoms with E-state index in [1.54, 1.807) is 18.2 Å². The lowest BCUT2D eigenvalue weighted by atomic mass is 10.0. The summed E-state index contributed by atoms with van der Waals surface area (Å²) < 4.78 is 0. The lowest BCUT2D eigenvalue weighted by molar-refractivity contribution is -0.384. The third-order valence-corrected chi connectivity index (χ3v) is 2.84. The highest BCUT2D eigenvalue weighted by Crippen LogP contribution is 2.21. The highest BCUT2D eigenvalue weighted by molar-refractivity contribution is 5.89. The molecule has 2 aromatic carbocycles. The zero-order valence-corrected chi connectivity index (χ0v) is 10.9. The standard InChI is InChI=1S/C16H12N2O2/c1-12-4-2-6-14(8-12)15(11-17)9-13-5-3-7-16(10-13)18(19)20/h2-10H,1H3/b15-9-. The predicted octanol–water partition coefficient (Wildman–Crippen LogP) is 3.97. The van der Waals surface area contributed by atoms with Gasteiger partial charge in [0.05, 0.1) is 16.6 Å². The Balaban J connectivity index is 2.44. The Hall–Kier alpha value is -2.93. The summed E-state index contributed by atoms with van der Waals surface area (Å²) >= 11 is 0. The predicted molar refractivity (Wildman–Crippen MR) is 77.8 cm³/mol. The van der Waals surface area contributed by atoms with Gasteiger partial charge in [-0.2, -0.15) is 5.26 Å². The minimum Gasteiger partial charge on any atom is -0.258 e. The van der Waals surface area contributed by atoms with Crippen LogP contribution in [0.3, 0.4) is 0 Å². The molecule has 0 saturated carbocycles. The summed E-state index contributed by atoms with van der Waals surface area (Å²) in [5, 5.41) is 20.0. The molecule has 0 aliphatic carbocycles. The minimum atomic E-state index is -0.448. The third kappa shape index (κ3) is 3.09. The van der Waals surface area contributed by atoms with Gasteiger partial charge in [0.25, 0.3) is 5.69 Å². The van der Waals surface area contributed by atoms with Crippen LogP contribution < -0.4 is 0 Å². The summed E-state index contributed by atoms with van der Waals surface area (Å²) in [5.41, 5.74) is 2.99. The molecule has 0 aromatic heterocycles. The van der Waals surface area contributed by atoms with Gasteiger partial charge < -0.3 is 0 Å². The average molecular weight is 264 g/mol. The second-order valence-electron chi connectivity index (χ2n) is 4.39. The van der Waals surface area contributed by atoms with Gasteiger partial charge in [-0.1, -0.05) is 42.0 Å². The molecule has 0 atom stereocenters. The first-order chi connectivity index (χ1) is 9.60. The fourth-order valence-corrected chi connectivity index (χ4v) is 1.89. The molecule has 0 aliphatic heterocycles. The first kappa shape index (κ1) is 13.5. The van der Waals surface area contributed by atoms with E-state index in [0.29, 0.717) is 11.1 Å². The highest BCUT2D eigenvalue weighted by Gasteiger charge is 2.06. The van der Waals surface area contributed by atoms with Crippen molar-refractivity contribution in [3.05, 3.63) is 75.3 Å². The van der Waals surface area contributed by atoms with E-state index in [4.69, 9.17) is 0 Å². The summed E-state index contributed by atoms with van der Waals surface area (Å²) in [6.45, 7) is 1.95. The lowest BCUT2D eigenvalue weighted by Crippen LogP contribution is -1.88. The fourth-order valence-electron chi connectivity index (χ4n) is 1.89. The molecule has 0 saturated heterocycles. The molecule has 0 heterocycles. The molecule has 0 bridgehead atoms. The molecule has 4 nitrogen and oxygen atoms in total. The van der Waals surface area contributed by atoms with E-state index in [9.17, 15) is 15.4 Å². The summed E-state index contributed by atoms with van der Waals surface area (Å²) in [6.07, 6.45) is 1.65. The van der Waals surface area contributed by atoms with Crippen LogP contribution in [0.4, 0.5) is 5.69 Å². The Kier molecular flexibility index (Phi) is 3.92. The number of rotatable bonds is 3. The number of nitro groups is 1. The summed E-state index contributed by atoms with van der Waals surface area (Å²) in [4.78, 5) is 10.3. The van der Waals surface area contributed by atoms with E-state index in [1.807, 2.05) is 31.2 Å². The monoisotopic (exact) mass is 264 g/mol. The van der Waals surface area contributed by atoms with Crippen LogP contribution in [-0.4, -0.2) is 4.92 Å². The molecule has 20 heavy (non-hydrogen) atoms. The molecule has 4 heteroatoms. The van der Waals surface area contributed by atoms with Crippen molar-refractivity contribution in [3.63, 3.8) is 0 Å². The third-order valence-electron chi connectivity index (χ3n) is 2.84. The number of hydrogen-bond acceptors (Lipinski definition) is 3.